The molecule has 0 aromatic heterocycles. The summed E-state index contributed by atoms with van der Waals surface area (Å²) in [7, 11) is -4.40. The van der Waals surface area contributed by atoms with Crippen molar-refractivity contribution < 1.29 is 17.9 Å². The topological polar surface area (TPSA) is 97.5 Å². The molecule has 6 nitrogen and oxygen atoms in total. The zero-order chi connectivity index (χ0) is 11.8. The minimum absolute atomic E-state index is 0.317. The van der Waals surface area contributed by atoms with Crippen LogP contribution in [0.1, 0.15) is 11.1 Å². The highest BCUT2D eigenvalue weighted by Gasteiger charge is 2.19. The van der Waals surface area contributed by atoms with E-state index in [0.29, 0.717) is 11.1 Å². The highest BCUT2D eigenvalue weighted by Crippen LogP contribution is 2.25. The Bertz CT molecular complexity index is 520. The van der Waals surface area contributed by atoms with Crippen LogP contribution in [0.25, 0.3) is 0 Å². The lowest BCUT2D eigenvalue weighted by molar-refractivity contribution is -0.385. The van der Waals surface area contributed by atoms with Crippen molar-refractivity contribution in [3.63, 3.8) is 0 Å². The van der Waals surface area contributed by atoms with E-state index in [-0.39, 0.29) is 5.69 Å². The van der Waals surface area contributed by atoms with Crippen molar-refractivity contribution in [2.24, 2.45) is 0 Å². The molecule has 82 valence electrons. The Balaban J connectivity index is 3.57. The zero-order valence-corrected chi connectivity index (χ0v) is 8.91. The quantitative estimate of drug-likeness (QED) is 0.472. The van der Waals surface area contributed by atoms with Crippen molar-refractivity contribution in [1.29, 1.82) is 0 Å². The van der Waals surface area contributed by atoms with Gasteiger partial charge in [0, 0.05) is 11.6 Å². The first-order valence-corrected chi connectivity index (χ1v) is 5.40. The second-order valence-electron chi connectivity index (χ2n) is 3.12. The molecule has 0 aliphatic heterocycles. The van der Waals surface area contributed by atoms with Crippen molar-refractivity contribution in [3.05, 3.63) is 33.4 Å². The monoisotopic (exact) mass is 231 g/mol. The fraction of sp³-hybridized carbons (Fsp3) is 0.250. The summed E-state index contributed by atoms with van der Waals surface area (Å²) < 4.78 is 30.4. The van der Waals surface area contributed by atoms with Crippen LogP contribution >= 0.6 is 0 Å². The maximum Gasteiger partial charge on any atom is 0.294 e. The molecule has 15 heavy (non-hydrogen) atoms. The van der Waals surface area contributed by atoms with E-state index in [1.54, 1.807) is 0 Å². The zero-order valence-electron chi connectivity index (χ0n) is 8.09. The predicted octanol–water partition coefficient (Wildman–Crippen LogP) is 1.46. The van der Waals surface area contributed by atoms with E-state index in [0.717, 1.165) is 6.07 Å². The molecule has 0 aliphatic rings. The van der Waals surface area contributed by atoms with Gasteiger partial charge in [-0.05, 0) is 25.5 Å². The predicted molar refractivity (Wildman–Crippen MR) is 52.4 cm³/mol. The first kappa shape index (κ1) is 11.6. The normalized spacial score (nSPS) is 11.4. The van der Waals surface area contributed by atoms with Gasteiger partial charge in [-0.15, -0.1) is 0 Å². The number of nitro benzene ring substituents is 1. The lowest BCUT2D eigenvalue weighted by Gasteiger charge is -2.03. The van der Waals surface area contributed by atoms with Gasteiger partial charge in [0.25, 0.3) is 15.8 Å². The molecule has 1 N–H and O–H groups in total. The summed E-state index contributed by atoms with van der Waals surface area (Å²) in [5.41, 5.74) is 0.506. The van der Waals surface area contributed by atoms with Crippen LogP contribution in [0, 0.1) is 24.0 Å². The van der Waals surface area contributed by atoms with Gasteiger partial charge in [-0.25, -0.2) is 0 Å². The van der Waals surface area contributed by atoms with Gasteiger partial charge in [0.1, 0.15) is 4.90 Å². The summed E-state index contributed by atoms with van der Waals surface area (Å²) in [6.07, 6.45) is 0. The SMILES string of the molecule is Cc1cc(S(=O)(=O)O)cc([N+](=O)[O-])c1C. The number of hydrogen-bond donors (Lipinski definition) is 1. The molecule has 0 unspecified atom stereocenters. The molecule has 1 rings (SSSR count). The van der Waals surface area contributed by atoms with Gasteiger partial charge < -0.3 is 0 Å². The Morgan fingerprint density at radius 1 is 1.33 bits per heavy atom. The first-order chi connectivity index (χ1) is 6.73. The maximum atomic E-state index is 10.8. The lowest BCUT2D eigenvalue weighted by Crippen LogP contribution is -2.02. The summed E-state index contributed by atoms with van der Waals surface area (Å²) in [6.45, 7) is 3.05. The molecule has 0 saturated heterocycles. The molecular weight excluding hydrogens is 222 g/mol. The number of benzene rings is 1. The molecule has 0 radical (unpaired) electrons. The van der Waals surface area contributed by atoms with Crippen molar-refractivity contribution in [2.45, 2.75) is 18.7 Å². The van der Waals surface area contributed by atoms with Crippen molar-refractivity contribution in [3.8, 4) is 0 Å². The largest absolute Gasteiger partial charge is 0.294 e. The van der Waals surface area contributed by atoms with E-state index < -0.39 is 19.9 Å². The third-order valence-electron chi connectivity index (χ3n) is 2.11. The fourth-order valence-corrected chi connectivity index (χ4v) is 1.73. The number of rotatable bonds is 2. The average molecular weight is 231 g/mol. The molecule has 0 saturated carbocycles. The molecular formula is C8H9NO5S. The van der Waals surface area contributed by atoms with Crippen molar-refractivity contribution >= 4 is 15.8 Å². The average Bonchev–Trinajstić information content (AvgIpc) is 2.06. The van der Waals surface area contributed by atoms with Crippen LogP contribution in [0.2, 0.25) is 0 Å². The van der Waals surface area contributed by atoms with Crippen LogP contribution in [-0.4, -0.2) is 17.9 Å². The summed E-state index contributed by atoms with van der Waals surface area (Å²) in [4.78, 5) is 9.44. The molecule has 0 heterocycles. The van der Waals surface area contributed by atoms with Crippen LogP contribution in [0.15, 0.2) is 17.0 Å². The maximum absolute atomic E-state index is 10.8. The number of hydrogen-bond acceptors (Lipinski definition) is 4. The Kier molecular flexibility index (Phi) is 2.78. The van der Waals surface area contributed by atoms with Gasteiger partial charge in [0.2, 0.25) is 0 Å². The van der Waals surface area contributed by atoms with Crippen molar-refractivity contribution in [1.82, 2.24) is 0 Å². The second-order valence-corrected chi connectivity index (χ2v) is 4.54. The van der Waals surface area contributed by atoms with Gasteiger partial charge in [-0.2, -0.15) is 8.42 Å². The molecule has 0 spiro atoms. The number of aryl methyl sites for hydroxylation is 1. The third kappa shape index (κ3) is 2.31. The molecule has 0 fully saturated rings. The van der Waals surface area contributed by atoms with E-state index in [1.165, 1.54) is 19.9 Å². The number of nitro groups is 1. The van der Waals surface area contributed by atoms with Crippen LogP contribution in [0.3, 0.4) is 0 Å². The molecule has 0 bridgehead atoms. The van der Waals surface area contributed by atoms with E-state index in [9.17, 15) is 18.5 Å². The van der Waals surface area contributed by atoms with Crippen LogP contribution in [0.4, 0.5) is 5.69 Å². The van der Waals surface area contributed by atoms with Crippen LogP contribution < -0.4 is 0 Å². The van der Waals surface area contributed by atoms with E-state index in [1.807, 2.05) is 0 Å². The van der Waals surface area contributed by atoms with Crippen molar-refractivity contribution in [2.75, 3.05) is 0 Å². The van der Waals surface area contributed by atoms with Gasteiger partial charge in [0.05, 0.1) is 4.92 Å². The molecule has 0 aliphatic carbocycles. The van der Waals surface area contributed by atoms with Gasteiger partial charge >= 0.3 is 0 Å². The summed E-state index contributed by atoms with van der Waals surface area (Å²) in [5.74, 6) is 0. The van der Waals surface area contributed by atoms with Crippen LogP contribution in [0.5, 0.6) is 0 Å². The highest BCUT2D eigenvalue weighted by molar-refractivity contribution is 7.85. The summed E-state index contributed by atoms with van der Waals surface area (Å²) in [6, 6.07) is 2.04. The minimum atomic E-state index is -4.40. The molecule has 1 aromatic carbocycles. The number of nitrogens with zero attached hydrogens (tertiary/aromatic N) is 1. The Morgan fingerprint density at radius 3 is 2.27 bits per heavy atom. The molecule has 1 aromatic rings. The molecule has 0 amide bonds. The lowest BCUT2D eigenvalue weighted by atomic mass is 10.1. The van der Waals surface area contributed by atoms with E-state index >= 15 is 0 Å². The smallest absolute Gasteiger partial charge is 0.282 e. The summed E-state index contributed by atoms with van der Waals surface area (Å²) in [5, 5.41) is 10.6. The Labute approximate surface area is 86.4 Å². The highest BCUT2D eigenvalue weighted by atomic mass is 32.2. The minimum Gasteiger partial charge on any atom is -0.282 e. The Hall–Kier alpha value is -1.47. The third-order valence-corrected chi connectivity index (χ3v) is 2.94. The van der Waals surface area contributed by atoms with Gasteiger partial charge in [-0.1, -0.05) is 0 Å². The van der Waals surface area contributed by atoms with Gasteiger partial charge in [0.15, 0.2) is 0 Å². The van der Waals surface area contributed by atoms with Gasteiger partial charge in [-0.3, -0.25) is 14.7 Å². The first-order valence-electron chi connectivity index (χ1n) is 3.96. The Morgan fingerprint density at radius 2 is 1.87 bits per heavy atom. The van der Waals surface area contributed by atoms with E-state index in [2.05, 4.69) is 0 Å². The van der Waals surface area contributed by atoms with Crippen LogP contribution in [-0.2, 0) is 10.1 Å². The van der Waals surface area contributed by atoms with E-state index in [4.69, 9.17) is 4.55 Å². The fourth-order valence-electron chi connectivity index (χ4n) is 1.15. The molecule has 7 heteroatoms. The summed E-state index contributed by atoms with van der Waals surface area (Å²) >= 11 is 0. The standard InChI is InChI=1S/C8H9NO5S/c1-5-3-7(15(12,13)14)4-8(6(5)2)9(10)11/h3-4H,1-2H3,(H,12,13,14). The molecule has 0 atom stereocenters. The second kappa shape index (κ2) is 3.59.